The van der Waals surface area contributed by atoms with Gasteiger partial charge < -0.3 is 14.7 Å². The van der Waals surface area contributed by atoms with E-state index in [-0.39, 0.29) is 0 Å². The van der Waals surface area contributed by atoms with Crippen LogP contribution in [0.5, 0.6) is 0 Å². The molecule has 31 heavy (non-hydrogen) atoms. The highest BCUT2D eigenvalue weighted by molar-refractivity contribution is 5.83. The van der Waals surface area contributed by atoms with Gasteiger partial charge in [0.2, 0.25) is 11.8 Å². The van der Waals surface area contributed by atoms with Crippen LogP contribution in [0.1, 0.15) is 58.4 Å². The second kappa shape index (κ2) is 9.39. The minimum atomic E-state index is 0.476. The predicted octanol–water partition coefficient (Wildman–Crippen LogP) is 5.54. The smallest absolute Gasteiger partial charge is 0.221 e. The molecule has 1 aromatic carbocycles. The number of aromatic nitrogens is 3. The molecule has 2 aromatic heterocycles. The second-order valence-electron chi connectivity index (χ2n) is 9.81. The number of benzene rings is 1. The van der Waals surface area contributed by atoms with Crippen molar-refractivity contribution in [2.45, 2.75) is 59.9 Å². The van der Waals surface area contributed by atoms with Crippen molar-refractivity contribution in [1.29, 1.82) is 0 Å². The monoisotopic (exact) mass is 420 g/mol. The number of para-hydroxylation sites is 1. The maximum atomic E-state index is 6.08. The van der Waals surface area contributed by atoms with Crippen LogP contribution in [-0.4, -0.2) is 27.8 Å². The number of rotatable bonds is 8. The molecule has 0 bridgehead atoms. The Labute approximate surface area is 185 Å². The summed E-state index contributed by atoms with van der Waals surface area (Å²) in [7, 11) is 0. The fourth-order valence-electron chi connectivity index (χ4n) is 4.97. The van der Waals surface area contributed by atoms with E-state index in [9.17, 15) is 0 Å². The van der Waals surface area contributed by atoms with Crippen molar-refractivity contribution in [2.24, 2.45) is 23.7 Å². The standard InChI is InChI=1S/C26H36N4O/c1-16(2)23-11-19(18(5)10-20(23)14-27-17(3)4)12-25-29-30-26(31-25)13-21-15-28-24-9-7-6-8-22(21)24/h6-10,15-17,19-20,23,27-28H,11-14H2,1-5H3/t19-,20-,23-/m0/s1. The Hall–Kier alpha value is -2.40. The number of H-pyrrole nitrogens is 1. The van der Waals surface area contributed by atoms with Crippen molar-refractivity contribution in [3.8, 4) is 0 Å². The normalized spacial score (nSPS) is 21.9. The molecule has 0 radical (unpaired) electrons. The lowest BCUT2D eigenvalue weighted by Crippen LogP contribution is -2.37. The van der Waals surface area contributed by atoms with Crippen molar-refractivity contribution in [3.05, 3.63) is 59.5 Å². The summed E-state index contributed by atoms with van der Waals surface area (Å²) >= 11 is 0. The Morgan fingerprint density at radius 3 is 2.68 bits per heavy atom. The molecule has 5 heteroatoms. The van der Waals surface area contributed by atoms with Crippen molar-refractivity contribution >= 4 is 10.9 Å². The van der Waals surface area contributed by atoms with Gasteiger partial charge in [-0.3, -0.25) is 0 Å². The van der Waals surface area contributed by atoms with Gasteiger partial charge in [0, 0.05) is 36.1 Å². The quantitative estimate of drug-likeness (QED) is 0.470. The van der Waals surface area contributed by atoms with Crippen LogP contribution < -0.4 is 5.32 Å². The molecule has 2 N–H and O–H groups in total. The van der Waals surface area contributed by atoms with E-state index in [1.165, 1.54) is 22.9 Å². The summed E-state index contributed by atoms with van der Waals surface area (Å²) in [6, 6.07) is 8.85. The molecule has 0 spiro atoms. The molecule has 166 valence electrons. The molecule has 0 saturated carbocycles. The first-order valence-corrected chi connectivity index (χ1v) is 11.7. The van der Waals surface area contributed by atoms with Gasteiger partial charge >= 0.3 is 0 Å². The third-order valence-corrected chi connectivity index (χ3v) is 6.79. The summed E-state index contributed by atoms with van der Waals surface area (Å²) in [5.74, 6) is 3.85. The summed E-state index contributed by atoms with van der Waals surface area (Å²) in [6.45, 7) is 12.5. The van der Waals surface area contributed by atoms with Crippen LogP contribution in [0.15, 0.2) is 46.5 Å². The number of allylic oxidation sites excluding steroid dienone is 1. The van der Waals surface area contributed by atoms with Gasteiger partial charge in [-0.2, -0.15) is 0 Å². The summed E-state index contributed by atoms with van der Waals surface area (Å²) < 4.78 is 6.08. The van der Waals surface area contributed by atoms with Gasteiger partial charge in [-0.1, -0.05) is 57.5 Å². The Morgan fingerprint density at radius 1 is 1.13 bits per heavy atom. The van der Waals surface area contributed by atoms with Gasteiger partial charge in [-0.25, -0.2) is 0 Å². The number of nitrogens with one attached hydrogen (secondary N) is 2. The molecule has 3 aromatic rings. The maximum Gasteiger partial charge on any atom is 0.221 e. The molecule has 4 rings (SSSR count). The average Bonchev–Trinajstić information content (AvgIpc) is 3.35. The SMILES string of the molecule is CC1=C[C@@H](CNC(C)C)[C@H](C(C)C)C[C@H]1Cc1nnc(Cc2c[nH]c3ccccc23)o1. The second-order valence-corrected chi connectivity index (χ2v) is 9.81. The van der Waals surface area contributed by atoms with Crippen molar-refractivity contribution in [2.75, 3.05) is 6.54 Å². The van der Waals surface area contributed by atoms with Crippen molar-refractivity contribution in [1.82, 2.24) is 20.5 Å². The van der Waals surface area contributed by atoms with Crippen molar-refractivity contribution < 1.29 is 4.42 Å². The van der Waals surface area contributed by atoms with E-state index in [1.54, 1.807) is 0 Å². The molecule has 1 aliphatic carbocycles. The van der Waals surface area contributed by atoms with Gasteiger partial charge in [0.15, 0.2) is 0 Å². The first kappa shape index (κ1) is 21.8. The van der Waals surface area contributed by atoms with E-state index in [4.69, 9.17) is 4.42 Å². The number of hydrogen-bond donors (Lipinski definition) is 2. The lowest BCUT2D eigenvalue weighted by Gasteiger charge is -2.37. The van der Waals surface area contributed by atoms with Gasteiger partial charge in [-0.15, -0.1) is 10.2 Å². The van der Waals surface area contributed by atoms with Gasteiger partial charge in [0.1, 0.15) is 0 Å². The molecule has 0 saturated heterocycles. The lowest BCUT2D eigenvalue weighted by atomic mass is 9.70. The van der Waals surface area contributed by atoms with Crippen LogP contribution >= 0.6 is 0 Å². The molecule has 2 heterocycles. The average molecular weight is 421 g/mol. The molecule has 5 nitrogen and oxygen atoms in total. The fraction of sp³-hybridized carbons (Fsp3) is 0.538. The fourth-order valence-corrected chi connectivity index (χ4v) is 4.97. The zero-order valence-electron chi connectivity index (χ0n) is 19.5. The minimum Gasteiger partial charge on any atom is -0.425 e. The maximum absolute atomic E-state index is 6.08. The van der Waals surface area contributed by atoms with Crippen molar-refractivity contribution in [3.63, 3.8) is 0 Å². The summed E-state index contributed by atoms with van der Waals surface area (Å²) in [5, 5.41) is 13.6. The third-order valence-electron chi connectivity index (χ3n) is 6.79. The highest BCUT2D eigenvalue weighted by Crippen LogP contribution is 2.38. The van der Waals surface area contributed by atoms with E-state index < -0.39 is 0 Å². The topological polar surface area (TPSA) is 66.7 Å². The summed E-state index contributed by atoms with van der Waals surface area (Å²) in [5.41, 5.74) is 3.80. The Kier molecular flexibility index (Phi) is 6.61. The number of hydrogen-bond acceptors (Lipinski definition) is 4. The molecule has 1 aliphatic rings. The molecular weight excluding hydrogens is 384 g/mol. The van der Waals surface area contributed by atoms with Crippen LogP contribution in [0, 0.1) is 23.7 Å². The zero-order chi connectivity index (χ0) is 22.0. The predicted molar refractivity (Wildman–Crippen MR) is 126 cm³/mol. The first-order chi connectivity index (χ1) is 14.9. The number of fused-ring (bicyclic) bond motifs is 1. The van der Waals surface area contributed by atoms with E-state index in [0.29, 0.717) is 42.0 Å². The highest BCUT2D eigenvalue weighted by atomic mass is 16.4. The van der Waals surface area contributed by atoms with E-state index in [0.717, 1.165) is 24.4 Å². The van der Waals surface area contributed by atoms with Crippen LogP contribution in [0.2, 0.25) is 0 Å². The van der Waals surface area contributed by atoms with E-state index >= 15 is 0 Å². The zero-order valence-corrected chi connectivity index (χ0v) is 19.5. The molecule has 3 atom stereocenters. The first-order valence-electron chi connectivity index (χ1n) is 11.7. The number of nitrogens with zero attached hydrogens (tertiary/aromatic N) is 2. The Bertz CT molecular complexity index is 1030. The van der Waals surface area contributed by atoms with Crippen LogP contribution in [0.25, 0.3) is 10.9 Å². The third kappa shape index (κ3) is 5.09. The van der Waals surface area contributed by atoms with E-state index in [2.05, 4.69) is 79.4 Å². The van der Waals surface area contributed by atoms with Crippen LogP contribution in [0.3, 0.4) is 0 Å². The molecule has 0 fully saturated rings. The van der Waals surface area contributed by atoms with Gasteiger partial charge in [0.25, 0.3) is 0 Å². The Morgan fingerprint density at radius 2 is 1.90 bits per heavy atom. The summed E-state index contributed by atoms with van der Waals surface area (Å²) in [4.78, 5) is 3.32. The lowest BCUT2D eigenvalue weighted by molar-refractivity contribution is 0.215. The molecule has 0 unspecified atom stereocenters. The van der Waals surface area contributed by atoms with Gasteiger partial charge in [0.05, 0.1) is 6.42 Å². The number of aromatic amines is 1. The van der Waals surface area contributed by atoms with Gasteiger partial charge in [-0.05, 0) is 48.6 Å². The van der Waals surface area contributed by atoms with E-state index in [1.807, 2.05) is 12.3 Å². The minimum absolute atomic E-state index is 0.476. The molecule has 0 amide bonds. The van der Waals surface area contributed by atoms with Crippen LogP contribution in [-0.2, 0) is 12.8 Å². The highest BCUT2D eigenvalue weighted by Gasteiger charge is 2.32. The molecular formula is C26H36N4O. The largest absolute Gasteiger partial charge is 0.425 e. The van der Waals surface area contributed by atoms with Crippen LogP contribution in [0.4, 0.5) is 0 Å². The molecule has 0 aliphatic heterocycles. The summed E-state index contributed by atoms with van der Waals surface area (Å²) in [6.07, 6.45) is 7.22. The Balaban J connectivity index is 1.44.